The quantitative estimate of drug-likeness (QED) is 0.367. The van der Waals surface area contributed by atoms with E-state index in [1.165, 1.54) is 0 Å². The number of pyridine rings is 1. The highest BCUT2D eigenvalue weighted by atomic mass is 35.5. The van der Waals surface area contributed by atoms with E-state index in [1.807, 2.05) is 48.7 Å². The Labute approximate surface area is 196 Å². The molecule has 1 fully saturated rings. The number of rotatable bonds is 5. The van der Waals surface area contributed by atoms with Gasteiger partial charge in [0.1, 0.15) is 5.69 Å². The maximum Gasteiger partial charge on any atom is 0.258 e. The highest BCUT2D eigenvalue weighted by molar-refractivity contribution is 6.45. The van der Waals surface area contributed by atoms with Gasteiger partial charge in [0.15, 0.2) is 5.76 Å². The van der Waals surface area contributed by atoms with Gasteiger partial charge >= 0.3 is 0 Å². The first kappa shape index (κ1) is 21.3. The molecule has 0 bridgehead atoms. The lowest BCUT2D eigenvalue weighted by Crippen LogP contribution is -2.35. The summed E-state index contributed by atoms with van der Waals surface area (Å²) in [7, 11) is 0. The molecule has 5 nitrogen and oxygen atoms in total. The first-order valence-electron chi connectivity index (χ1n) is 10.8. The van der Waals surface area contributed by atoms with Gasteiger partial charge in [-0.15, -0.1) is 0 Å². The van der Waals surface area contributed by atoms with E-state index < -0.39 is 0 Å². The summed E-state index contributed by atoms with van der Waals surface area (Å²) in [6, 6.07) is 17.4. The minimum atomic E-state index is -0.0152. The lowest BCUT2D eigenvalue weighted by Gasteiger charge is -2.31. The summed E-state index contributed by atoms with van der Waals surface area (Å²) >= 11 is 12.3. The van der Waals surface area contributed by atoms with Crippen LogP contribution in [0.15, 0.2) is 70.1 Å². The minimum Gasteiger partial charge on any atom is -0.359 e. The summed E-state index contributed by atoms with van der Waals surface area (Å²) in [6.45, 7) is 3.40. The molecule has 0 amide bonds. The van der Waals surface area contributed by atoms with Gasteiger partial charge in [0.25, 0.3) is 5.56 Å². The first-order valence-corrected chi connectivity index (χ1v) is 11.5. The van der Waals surface area contributed by atoms with Crippen LogP contribution >= 0.6 is 23.2 Å². The average Bonchev–Trinajstić information content (AvgIpc) is 3.28. The van der Waals surface area contributed by atoms with Gasteiger partial charge in [0, 0.05) is 35.1 Å². The first-order chi connectivity index (χ1) is 15.6. The van der Waals surface area contributed by atoms with Gasteiger partial charge in [-0.2, -0.15) is 0 Å². The summed E-state index contributed by atoms with van der Waals surface area (Å²) in [4.78, 5) is 15.3. The molecular weight excluding hydrogens is 445 g/mol. The molecule has 5 rings (SSSR count). The predicted octanol–water partition coefficient (Wildman–Crippen LogP) is 5.88. The molecule has 0 radical (unpaired) electrons. The molecule has 32 heavy (non-hydrogen) atoms. The molecule has 4 aromatic rings. The Morgan fingerprint density at radius 2 is 1.78 bits per heavy atom. The zero-order valence-corrected chi connectivity index (χ0v) is 19.0. The van der Waals surface area contributed by atoms with Crippen LogP contribution in [0.3, 0.4) is 0 Å². The van der Waals surface area contributed by atoms with Crippen LogP contribution in [0, 0.1) is 5.92 Å². The normalized spacial score (nSPS) is 15.4. The number of halogens is 2. The molecular formula is C25H23Cl2N3O2. The number of aromatic nitrogens is 2. The van der Waals surface area contributed by atoms with Crippen molar-refractivity contribution in [3.63, 3.8) is 0 Å². The van der Waals surface area contributed by atoms with Gasteiger partial charge in [0.05, 0.1) is 16.6 Å². The smallest absolute Gasteiger partial charge is 0.258 e. The van der Waals surface area contributed by atoms with Crippen LogP contribution in [-0.4, -0.2) is 27.7 Å². The van der Waals surface area contributed by atoms with Gasteiger partial charge < -0.3 is 9.09 Å². The lowest BCUT2D eigenvalue weighted by molar-refractivity contribution is 0.153. The zero-order chi connectivity index (χ0) is 22.1. The highest BCUT2D eigenvalue weighted by Gasteiger charge is 2.22. The van der Waals surface area contributed by atoms with Gasteiger partial charge in [-0.1, -0.05) is 58.7 Å². The van der Waals surface area contributed by atoms with Crippen LogP contribution in [0.5, 0.6) is 0 Å². The number of piperidine rings is 1. The fourth-order valence-electron chi connectivity index (χ4n) is 4.40. The van der Waals surface area contributed by atoms with Crippen molar-refractivity contribution in [1.82, 2.24) is 14.6 Å². The predicted molar refractivity (Wildman–Crippen MR) is 128 cm³/mol. The molecule has 0 saturated carbocycles. The Balaban J connectivity index is 1.20. The number of nitrogens with zero attached hydrogens (tertiary/aromatic N) is 3. The number of likely N-dealkylation sites (tertiary alicyclic amines) is 1. The SMILES string of the molecule is O=c1c2ccc(Cl)c(Cl)c2ccn1CC1CCN(Cc2cc(-c3ccccc3)no2)CC1. The van der Waals surface area contributed by atoms with Crippen molar-refractivity contribution in [3.8, 4) is 11.3 Å². The van der Waals surface area contributed by atoms with E-state index in [0.717, 1.165) is 49.5 Å². The maximum atomic E-state index is 12.9. The average molecular weight is 468 g/mol. The third-order valence-corrected chi connectivity index (χ3v) is 7.03. The number of hydrogen-bond acceptors (Lipinski definition) is 4. The van der Waals surface area contributed by atoms with E-state index in [4.69, 9.17) is 27.7 Å². The van der Waals surface area contributed by atoms with Gasteiger partial charge in [-0.25, -0.2) is 0 Å². The van der Waals surface area contributed by atoms with Gasteiger partial charge in [-0.3, -0.25) is 9.69 Å². The monoisotopic (exact) mass is 467 g/mol. The van der Waals surface area contributed by atoms with E-state index in [-0.39, 0.29) is 5.56 Å². The molecule has 0 aliphatic carbocycles. The Morgan fingerprint density at radius 1 is 1.00 bits per heavy atom. The molecule has 2 aromatic heterocycles. The zero-order valence-electron chi connectivity index (χ0n) is 17.5. The Kier molecular flexibility index (Phi) is 6.05. The second kappa shape index (κ2) is 9.10. The van der Waals surface area contributed by atoms with Gasteiger partial charge in [-0.05, 0) is 50.0 Å². The van der Waals surface area contributed by atoms with Crippen LogP contribution < -0.4 is 5.56 Å². The van der Waals surface area contributed by atoms with Gasteiger partial charge in [0.2, 0.25) is 0 Å². The molecule has 0 atom stereocenters. The summed E-state index contributed by atoms with van der Waals surface area (Å²) < 4.78 is 7.36. The van der Waals surface area contributed by atoms with E-state index in [2.05, 4.69) is 10.1 Å². The summed E-state index contributed by atoms with van der Waals surface area (Å²) in [5.41, 5.74) is 1.91. The van der Waals surface area contributed by atoms with Crippen LogP contribution in [0.1, 0.15) is 18.6 Å². The van der Waals surface area contributed by atoms with Crippen molar-refractivity contribution in [2.45, 2.75) is 25.9 Å². The van der Waals surface area contributed by atoms with Crippen molar-refractivity contribution in [3.05, 3.63) is 87.0 Å². The summed E-state index contributed by atoms with van der Waals surface area (Å²) in [6.07, 6.45) is 3.90. The Morgan fingerprint density at radius 3 is 2.56 bits per heavy atom. The topological polar surface area (TPSA) is 51.3 Å². The molecule has 0 unspecified atom stereocenters. The Hall–Kier alpha value is -2.60. The van der Waals surface area contributed by atoms with Crippen LogP contribution in [0.4, 0.5) is 0 Å². The van der Waals surface area contributed by atoms with Crippen LogP contribution in [0.25, 0.3) is 22.0 Å². The fourth-order valence-corrected chi connectivity index (χ4v) is 4.80. The summed E-state index contributed by atoms with van der Waals surface area (Å²) in [5.74, 6) is 1.34. The van der Waals surface area contributed by atoms with Crippen molar-refractivity contribution in [1.29, 1.82) is 0 Å². The minimum absolute atomic E-state index is 0.0152. The lowest BCUT2D eigenvalue weighted by atomic mass is 9.96. The third kappa shape index (κ3) is 4.33. The largest absolute Gasteiger partial charge is 0.359 e. The molecule has 2 aromatic carbocycles. The molecule has 0 N–H and O–H groups in total. The highest BCUT2D eigenvalue weighted by Crippen LogP contribution is 2.29. The van der Waals surface area contributed by atoms with E-state index in [0.29, 0.717) is 33.3 Å². The molecule has 1 aliphatic heterocycles. The van der Waals surface area contributed by atoms with E-state index >= 15 is 0 Å². The molecule has 3 heterocycles. The second-order valence-corrected chi connectivity index (χ2v) is 9.15. The number of benzene rings is 2. The van der Waals surface area contributed by atoms with E-state index in [1.54, 1.807) is 16.7 Å². The molecule has 164 valence electrons. The fraction of sp³-hybridized carbons (Fsp3) is 0.280. The van der Waals surface area contributed by atoms with E-state index in [9.17, 15) is 4.79 Å². The standard InChI is InChI=1S/C25H23Cl2N3O2/c26-22-7-6-21-20(24(22)27)10-13-30(25(21)31)15-17-8-11-29(12-9-17)16-19-14-23(28-32-19)18-4-2-1-3-5-18/h1-7,10,13-14,17H,8-9,11-12,15-16H2. The van der Waals surface area contributed by atoms with Crippen LogP contribution in [0.2, 0.25) is 10.0 Å². The number of hydrogen-bond donors (Lipinski definition) is 0. The van der Waals surface area contributed by atoms with Crippen molar-refractivity contribution in [2.24, 2.45) is 5.92 Å². The van der Waals surface area contributed by atoms with Crippen molar-refractivity contribution in [2.75, 3.05) is 13.1 Å². The molecule has 1 aliphatic rings. The van der Waals surface area contributed by atoms with Crippen molar-refractivity contribution >= 4 is 34.0 Å². The molecule has 0 spiro atoms. The maximum absolute atomic E-state index is 12.9. The van der Waals surface area contributed by atoms with Crippen LogP contribution in [-0.2, 0) is 13.1 Å². The van der Waals surface area contributed by atoms with Crippen molar-refractivity contribution < 1.29 is 4.52 Å². The number of fused-ring (bicyclic) bond motifs is 1. The third-order valence-electron chi connectivity index (χ3n) is 6.22. The second-order valence-electron chi connectivity index (χ2n) is 8.36. The summed E-state index contributed by atoms with van der Waals surface area (Å²) in [5, 5.41) is 6.43. The molecule has 1 saturated heterocycles. The molecule has 7 heteroatoms. The Bertz CT molecular complexity index is 1290.